The quantitative estimate of drug-likeness (QED) is 0.358. The molecule has 3 amide bonds. The molecule has 0 aliphatic rings. The molecule has 9 heteroatoms. The van der Waals surface area contributed by atoms with Gasteiger partial charge in [0.05, 0.1) is 6.04 Å². The Morgan fingerprint density at radius 1 is 1.12 bits per heavy atom. The molecule has 0 bridgehead atoms. The van der Waals surface area contributed by atoms with E-state index in [1.165, 1.54) is 4.90 Å². The maximum atomic E-state index is 12.7. The van der Waals surface area contributed by atoms with Gasteiger partial charge >= 0.3 is 12.1 Å². The number of likely N-dealkylation sites (N-methyl/N-ethyl adjacent to an activating group) is 1. The van der Waals surface area contributed by atoms with Crippen molar-refractivity contribution in [3.05, 3.63) is 71.4 Å². The third kappa shape index (κ3) is 7.33. The first kappa shape index (κ1) is 25.3. The molecular weight excluding hydrogens is 456 g/mol. The maximum Gasteiger partial charge on any atom is 0.412 e. The Morgan fingerprint density at radius 2 is 1.85 bits per heavy atom. The standard InChI is InChI=1S/C25H29ClN4O4/c1-30(24(32)28-16-20-10-4-5-12-22(20)26)21(11-6-7-13-31)17-34-25(33)29-23-14-18-8-2-3-9-19(18)15-27-23/h2-5,8-10,12,14-15,21,31H,6-7,11,13,16-17H2,1H3,(H,28,32)(H,27,29,33)/t21-/m0/s1. The normalized spacial score (nSPS) is 11.6. The summed E-state index contributed by atoms with van der Waals surface area (Å²) in [6, 6.07) is 16.1. The minimum absolute atomic E-state index is 0.000850. The average molecular weight is 485 g/mol. The Kier molecular flexibility index (Phi) is 9.49. The number of anilines is 1. The number of pyridine rings is 1. The fraction of sp³-hybridized carbons (Fsp3) is 0.320. The van der Waals surface area contributed by atoms with Gasteiger partial charge < -0.3 is 20.1 Å². The number of benzene rings is 2. The fourth-order valence-electron chi connectivity index (χ4n) is 3.45. The number of halogens is 1. The van der Waals surface area contributed by atoms with Gasteiger partial charge in [-0.2, -0.15) is 0 Å². The van der Waals surface area contributed by atoms with E-state index in [2.05, 4.69) is 15.6 Å². The molecule has 3 N–H and O–H groups in total. The topological polar surface area (TPSA) is 104 Å². The number of hydrogen-bond acceptors (Lipinski definition) is 5. The van der Waals surface area contributed by atoms with E-state index in [0.717, 1.165) is 16.3 Å². The Labute approximate surface area is 203 Å². The van der Waals surface area contributed by atoms with Crippen LogP contribution in [0.25, 0.3) is 10.8 Å². The summed E-state index contributed by atoms with van der Waals surface area (Å²) in [5, 5.41) is 17.1. The van der Waals surface area contributed by atoms with Crippen molar-refractivity contribution < 1.29 is 19.4 Å². The number of carbonyl (C=O) groups is 2. The van der Waals surface area contributed by atoms with Crippen molar-refractivity contribution in [1.82, 2.24) is 15.2 Å². The van der Waals surface area contributed by atoms with Crippen LogP contribution in [0, 0.1) is 0 Å². The molecular formula is C25H29ClN4O4. The molecule has 3 aromatic rings. The SMILES string of the molecule is CN(C(=O)NCc1ccccc1Cl)[C@@H](CCCCO)COC(=O)Nc1cc2ccccc2cn1. The molecule has 180 valence electrons. The van der Waals surface area contributed by atoms with E-state index in [4.69, 9.17) is 21.4 Å². The van der Waals surface area contributed by atoms with Gasteiger partial charge in [0.2, 0.25) is 0 Å². The van der Waals surface area contributed by atoms with E-state index < -0.39 is 6.09 Å². The third-order valence-corrected chi connectivity index (χ3v) is 5.84. The molecule has 0 saturated heterocycles. The van der Waals surface area contributed by atoms with Gasteiger partial charge in [-0.15, -0.1) is 0 Å². The number of hydrogen-bond donors (Lipinski definition) is 3. The number of unbranched alkanes of at least 4 members (excludes halogenated alkanes) is 1. The second kappa shape index (κ2) is 12.8. The summed E-state index contributed by atoms with van der Waals surface area (Å²) in [7, 11) is 1.65. The second-order valence-electron chi connectivity index (χ2n) is 7.87. The molecule has 0 saturated carbocycles. The Balaban J connectivity index is 1.56. The van der Waals surface area contributed by atoms with Crippen LogP contribution in [-0.4, -0.2) is 53.4 Å². The smallest absolute Gasteiger partial charge is 0.412 e. The minimum atomic E-state index is -0.653. The number of ether oxygens (including phenoxy) is 1. The summed E-state index contributed by atoms with van der Waals surface area (Å²) >= 11 is 6.16. The summed E-state index contributed by atoms with van der Waals surface area (Å²) in [5.74, 6) is 0.381. The number of rotatable bonds is 10. The maximum absolute atomic E-state index is 12.7. The van der Waals surface area contributed by atoms with Crippen LogP contribution >= 0.6 is 11.6 Å². The van der Waals surface area contributed by atoms with E-state index in [9.17, 15) is 9.59 Å². The molecule has 0 unspecified atom stereocenters. The van der Waals surface area contributed by atoms with Gasteiger partial charge in [0.25, 0.3) is 0 Å². The van der Waals surface area contributed by atoms with Crippen LogP contribution in [0.1, 0.15) is 24.8 Å². The van der Waals surface area contributed by atoms with Crippen molar-refractivity contribution in [2.75, 3.05) is 25.6 Å². The zero-order chi connectivity index (χ0) is 24.3. The average Bonchev–Trinajstić information content (AvgIpc) is 2.85. The third-order valence-electron chi connectivity index (χ3n) is 5.47. The van der Waals surface area contributed by atoms with Gasteiger partial charge in [0.1, 0.15) is 12.4 Å². The molecule has 8 nitrogen and oxygen atoms in total. The molecule has 34 heavy (non-hydrogen) atoms. The lowest BCUT2D eigenvalue weighted by Crippen LogP contribution is -2.46. The van der Waals surface area contributed by atoms with Crippen LogP contribution in [-0.2, 0) is 11.3 Å². The van der Waals surface area contributed by atoms with Gasteiger partial charge in [-0.3, -0.25) is 5.32 Å². The fourth-order valence-corrected chi connectivity index (χ4v) is 3.65. The van der Waals surface area contributed by atoms with Crippen LogP contribution in [0.2, 0.25) is 5.02 Å². The summed E-state index contributed by atoms with van der Waals surface area (Å²) < 4.78 is 5.41. The predicted molar refractivity (Wildman–Crippen MR) is 133 cm³/mol. The number of nitrogens with one attached hydrogen (secondary N) is 2. The summed E-state index contributed by atoms with van der Waals surface area (Å²) in [6.45, 7) is 0.339. The van der Waals surface area contributed by atoms with Gasteiger partial charge in [-0.1, -0.05) is 54.1 Å². The Bertz CT molecular complexity index is 1110. The molecule has 1 aromatic heterocycles. The molecule has 0 spiro atoms. The summed E-state index contributed by atoms with van der Waals surface area (Å²) in [4.78, 5) is 30.8. The number of aromatic nitrogens is 1. The summed E-state index contributed by atoms with van der Waals surface area (Å²) in [6.07, 6.45) is 2.87. The number of fused-ring (bicyclic) bond motifs is 1. The van der Waals surface area contributed by atoms with Gasteiger partial charge in [-0.05, 0) is 42.3 Å². The van der Waals surface area contributed by atoms with Crippen LogP contribution in [0.4, 0.5) is 15.4 Å². The van der Waals surface area contributed by atoms with E-state index in [1.54, 1.807) is 25.4 Å². The number of urea groups is 1. The van der Waals surface area contributed by atoms with Crippen LogP contribution in [0.15, 0.2) is 60.8 Å². The number of carbonyl (C=O) groups excluding carboxylic acids is 2. The van der Waals surface area contributed by atoms with Gasteiger partial charge in [-0.25, -0.2) is 14.6 Å². The number of nitrogens with zero attached hydrogens (tertiary/aromatic N) is 2. The summed E-state index contributed by atoms with van der Waals surface area (Å²) in [5.41, 5.74) is 0.807. The largest absolute Gasteiger partial charge is 0.447 e. The minimum Gasteiger partial charge on any atom is -0.447 e. The predicted octanol–water partition coefficient (Wildman–Crippen LogP) is 4.81. The lowest BCUT2D eigenvalue weighted by Gasteiger charge is -2.28. The van der Waals surface area contributed by atoms with Crippen molar-refractivity contribution in [2.24, 2.45) is 0 Å². The van der Waals surface area contributed by atoms with Crippen molar-refractivity contribution >= 4 is 40.3 Å². The highest BCUT2D eigenvalue weighted by atomic mass is 35.5. The van der Waals surface area contributed by atoms with Crippen molar-refractivity contribution in [3.8, 4) is 0 Å². The number of aliphatic hydroxyl groups excluding tert-OH is 1. The lowest BCUT2D eigenvalue weighted by atomic mass is 10.1. The van der Waals surface area contributed by atoms with E-state index >= 15 is 0 Å². The van der Waals surface area contributed by atoms with Gasteiger partial charge in [0, 0.05) is 36.8 Å². The van der Waals surface area contributed by atoms with Crippen molar-refractivity contribution in [2.45, 2.75) is 31.8 Å². The molecule has 1 heterocycles. The first-order valence-corrected chi connectivity index (χ1v) is 11.5. The number of amides is 3. The van der Waals surface area contributed by atoms with Crippen LogP contribution < -0.4 is 10.6 Å². The van der Waals surface area contributed by atoms with E-state index in [-0.39, 0.29) is 31.8 Å². The van der Waals surface area contributed by atoms with E-state index in [0.29, 0.717) is 30.1 Å². The highest BCUT2D eigenvalue weighted by molar-refractivity contribution is 6.31. The highest BCUT2D eigenvalue weighted by Gasteiger charge is 2.22. The van der Waals surface area contributed by atoms with Crippen LogP contribution in [0.3, 0.4) is 0 Å². The molecule has 0 aliphatic carbocycles. The molecule has 0 radical (unpaired) electrons. The first-order valence-electron chi connectivity index (χ1n) is 11.1. The molecule has 3 rings (SSSR count). The zero-order valence-corrected chi connectivity index (χ0v) is 19.8. The Morgan fingerprint density at radius 3 is 2.62 bits per heavy atom. The molecule has 2 aromatic carbocycles. The number of aliphatic hydroxyl groups is 1. The van der Waals surface area contributed by atoms with Crippen molar-refractivity contribution in [3.63, 3.8) is 0 Å². The van der Waals surface area contributed by atoms with Gasteiger partial charge in [0.15, 0.2) is 0 Å². The monoisotopic (exact) mass is 484 g/mol. The molecule has 0 aliphatic heterocycles. The van der Waals surface area contributed by atoms with Crippen LogP contribution in [0.5, 0.6) is 0 Å². The Hall–Kier alpha value is -3.36. The first-order chi connectivity index (χ1) is 16.5. The van der Waals surface area contributed by atoms with Crippen molar-refractivity contribution in [1.29, 1.82) is 0 Å². The molecule has 0 fully saturated rings. The van der Waals surface area contributed by atoms with E-state index in [1.807, 2.05) is 42.5 Å². The zero-order valence-electron chi connectivity index (χ0n) is 19.0. The lowest BCUT2D eigenvalue weighted by molar-refractivity contribution is 0.112. The molecule has 1 atom stereocenters. The second-order valence-corrected chi connectivity index (χ2v) is 8.28. The highest BCUT2D eigenvalue weighted by Crippen LogP contribution is 2.17.